The van der Waals surface area contributed by atoms with Crippen LogP contribution >= 0.6 is 23.2 Å². The predicted molar refractivity (Wildman–Crippen MR) is 208 cm³/mol. The first kappa shape index (κ1) is 38.4. The number of carbonyl (C=O) groups excluding carboxylic acids is 2. The molecule has 0 heterocycles. The van der Waals surface area contributed by atoms with Gasteiger partial charge in [-0.25, -0.2) is 8.42 Å². The number of ether oxygens (including phenoxy) is 1. The minimum absolute atomic E-state index is 0.00607. The summed E-state index contributed by atoms with van der Waals surface area (Å²) in [7, 11) is -4.30. The highest BCUT2D eigenvalue weighted by atomic mass is 35.5. The highest BCUT2D eigenvalue weighted by Crippen LogP contribution is 2.31. The lowest BCUT2D eigenvalue weighted by atomic mass is 10.0. The normalized spacial score (nSPS) is 12.4. The van der Waals surface area contributed by atoms with Crippen LogP contribution in [0.2, 0.25) is 10.0 Å². The van der Waals surface area contributed by atoms with Gasteiger partial charge < -0.3 is 15.0 Å². The maximum absolute atomic E-state index is 14.8. The molecule has 11 heteroatoms. The number of amides is 2. The number of nitrogens with zero attached hydrogens (tertiary/aromatic N) is 2. The van der Waals surface area contributed by atoms with Crippen LogP contribution in [0.4, 0.5) is 5.69 Å². The summed E-state index contributed by atoms with van der Waals surface area (Å²) in [6, 6.07) is 35.2. The third-order valence-electron chi connectivity index (χ3n) is 8.65. The largest absolute Gasteiger partial charge is 0.457 e. The fraction of sp³-hybridized carbons (Fsp3) is 0.220. The van der Waals surface area contributed by atoms with Gasteiger partial charge in [-0.2, -0.15) is 0 Å². The minimum atomic E-state index is -4.30. The number of benzene rings is 5. The van der Waals surface area contributed by atoms with Crippen molar-refractivity contribution < 1.29 is 22.7 Å². The number of aryl methyl sites for hydroxylation is 1. The number of rotatable bonds is 15. The molecule has 52 heavy (non-hydrogen) atoms. The summed E-state index contributed by atoms with van der Waals surface area (Å²) in [5.41, 5.74) is 2.36. The smallest absolute Gasteiger partial charge is 0.264 e. The van der Waals surface area contributed by atoms with E-state index in [9.17, 15) is 18.0 Å². The van der Waals surface area contributed by atoms with Crippen LogP contribution in [0.1, 0.15) is 37.0 Å². The molecule has 0 aliphatic heterocycles. The first-order valence-corrected chi connectivity index (χ1v) is 19.1. The van der Waals surface area contributed by atoms with E-state index in [1.807, 2.05) is 81.4 Å². The summed E-state index contributed by atoms with van der Waals surface area (Å²) in [5.74, 6) is 0.0822. The Kier molecular flexibility index (Phi) is 13.0. The van der Waals surface area contributed by atoms with E-state index in [2.05, 4.69) is 5.32 Å². The molecule has 0 unspecified atom stereocenters. The van der Waals surface area contributed by atoms with Crippen LogP contribution in [0.5, 0.6) is 11.5 Å². The first-order valence-electron chi connectivity index (χ1n) is 16.9. The van der Waals surface area contributed by atoms with Crippen molar-refractivity contribution in [1.82, 2.24) is 10.2 Å². The second kappa shape index (κ2) is 17.6. The molecular formula is C41H41Cl2N3O5S. The maximum Gasteiger partial charge on any atom is 0.264 e. The van der Waals surface area contributed by atoms with Crippen molar-refractivity contribution in [1.29, 1.82) is 0 Å². The van der Waals surface area contributed by atoms with Crippen LogP contribution < -0.4 is 14.4 Å². The molecule has 0 saturated carbocycles. The van der Waals surface area contributed by atoms with E-state index in [4.69, 9.17) is 27.9 Å². The molecule has 0 spiro atoms. The SMILES string of the molecule is CC[C@@H](C)NC(=O)[C@H](Cc1ccccc1)N(Cc1c(Cl)cccc1Cl)C(=O)CN(c1ccc(Oc2ccccc2)cc1)S(=O)(=O)c1ccc(C)cc1. The Morgan fingerprint density at radius 3 is 1.94 bits per heavy atom. The van der Waals surface area contributed by atoms with Gasteiger partial charge in [0.2, 0.25) is 11.8 Å². The summed E-state index contributed by atoms with van der Waals surface area (Å²) in [6.45, 7) is 4.92. The number of para-hydroxylation sites is 1. The lowest BCUT2D eigenvalue weighted by Crippen LogP contribution is -2.54. The number of sulfonamides is 1. The lowest BCUT2D eigenvalue weighted by Gasteiger charge is -2.34. The molecule has 2 amide bonds. The molecule has 5 aromatic rings. The molecule has 2 atom stereocenters. The monoisotopic (exact) mass is 757 g/mol. The summed E-state index contributed by atoms with van der Waals surface area (Å²) < 4.78 is 35.9. The molecule has 0 radical (unpaired) electrons. The summed E-state index contributed by atoms with van der Waals surface area (Å²) in [6.07, 6.45) is 0.827. The van der Waals surface area contributed by atoms with E-state index >= 15 is 0 Å². The van der Waals surface area contributed by atoms with E-state index in [1.165, 1.54) is 17.0 Å². The average Bonchev–Trinajstić information content (AvgIpc) is 3.14. The second-order valence-electron chi connectivity index (χ2n) is 12.5. The van der Waals surface area contributed by atoms with E-state index in [1.54, 1.807) is 54.6 Å². The van der Waals surface area contributed by atoms with Crippen LogP contribution in [0.3, 0.4) is 0 Å². The third kappa shape index (κ3) is 9.73. The summed E-state index contributed by atoms with van der Waals surface area (Å²) in [5, 5.41) is 3.65. The molecule has 5 aromatic carbocycles. The van der Waals surface area contributed by atoms with Gasteiger partial charge >= 0.3 is 0 Å². The Labute approximate surface area is 316 Å². The molecule has 0 aromatic heterocycles. The number of halogens is 2. The van der Waals surface area contributed by atoms with Crippen molar-refractivity contribution >= 4 is 50.7 Å². The molecule has 1 N–H and O–H groups in total. The van der Waals surface area contributed by atoms with Crippen molar-refractivity contribution in [2.45, 2.75) is 57.1 Å². The Balaban J connectivity index is 1.59. The molecule has 0 saturated heterocycles. The Hall–Kier alpha value is -4.83. The summed E-state index contributed by atoms with van der Waals surface area (Å²) >= 11 is 13.3. The Bertz CT molecular complexity index is 2040. The number of hydrogen-bond acceptors (Lipinski definition) is 5. The molecule has 8 nitrogen and oxygen atoms in total. The highest BCUT2D eigenvalue weighted by molar-refractivity contribution is 7.92. The van der Waals surface area contributed by atoms with Crippen molar-refractivity contribution in [3.05, 3.63) is 154 Å². The van der Waals surface area contributed by atoms with Gasteiger partial charge in [-0.05, 0) is 86.5 Å². The molecule has 0 aliphatic carbocycles. The summed E-state index contributed by atoms with van der Waals surface area (Å²) in [4.78, 5) is 30.3. The van der Waals surface area contributed by atoms with Crippen molar-refractivity contribution in [3.8, 4) is 11.5 Å². The molecule has 5 rings (SSSR count). The van der Waals surface area contributed by atoms with Gasteiger partial charge in [-0.1, -0.05) is 102 Å². The van der Waals surface area contributed by atoms with Crippen LogP contribution in [0, 0.1) is 6.92 Å². The molecular weight excluding hydrogens is 717 g/mol. The third-order valence-corrected chi connectivity index (χ3v) is 11.2. The molecule has 0 bridgehead atoms. The van der Waals surface area contributed by atoms with Gasteiger partial charge in [0.25, 0.3) is 10.0 Å². The fourth-order valence-corrected chi connectivity index (χ4v) is 7.45. The predicted octanol–water partition coefficient (Wildman–Crippen LogP) is 8.84. The zero-order chi connectivity index (χ0) is 37.3. The number of hydrogen-bond donors (Lipinski definition) is 1. The quantitative estimate of drug-likeness (QED) is 0.115. The minimum Gasteiger partial charge on any atom is -0.457 e. The lowest BCUT2D eigenvalue weighted by molar-refractivity contribution is -0.140. The van der Waals surface area contributed by atoms with Gasteiger partial charge in [0.15, 0.2) is 0 Å². The standard InChI is InChI=1S/C41H41Cl2N3O5S/c1-4-30(3)44-41(48)39(26-31-12-7-5-8-13-31)45(27-36-37(42)16-11-17-38(36)43)40(47)28-46(52(49,50)35-24-18-29(2)19-25-35)32-20-22-34(23-21-32)51-33-14-9-6-10-15-33/h5-25,30,39H,4,26-28H2,1-3H3,(H,44,48)/t30-,39+/m1/s1. The topological polar surface area (TPSA) is 96.0 Å². The molecule has 0 fully saturated rings. The average molecular weight is 759 g/mol. The van der Waals surface area contributed by atoms with Gasteiger partial charge in [0.1, 0.15) is 24.1 Å². The van der Waals surface area contributed by atoms with Crippen molar-refractivity contribution in [2.75, 3.05) is 10.8 Å². The number of anilines is 1. The van der Waals surface area contributed by atoms with Crippen molar-refractivity contribution in [2.24, 2.45) is 0 Å². The Morgan fingerprint density at radius 1 is 0.769 bits per heavy atom. The van der Waals surface area contributed by atoms with Crippen LogP contribution in [-0.2, 0) is 32.6 Å². The van der Waals surface area contributed by atoms with Crippen LogP contribution in [0.15, 0.2) is 132 Å². The maximum atomic E-state index is 14.8. The molecule has 270 valence electrons. The van der Waals surface area contributed by atoms with E-state index < -0.39 is 28.5 Å². The van der Waals surface area contributed by atoms with Crippen LogP contribution in [-0.4, -0.2) is 43.8 Å². The van der Waals surface area contributed by atoms with Gasteiger partial charge in [0, 0.05) is 34.6 Å². The first-order chi connectivity index (χ1) is 25.0. The van der Waals surface area contributed by atoms with Gasteiger partial charge in [-0.15, -0.1) is 0 Å². The highest BCUT2D eigenvalue weighted by Gasteiger charge is 2.35. The fourth-order valence-electron chi connectivity index (χ4n) is 5.52. The second-order valence-corrected chi connectivity index (χ2v) is 15.2. The van der Waals surface area contributed by atoms with Crippen molar-refractivity contribution in [3.63, 3.8) is 0 Å². The van der Waals surface area contributed by atoms with Gasteiger partial charge in [0.05, 0.1) is 10.6 Å². The Morgan fingerprint density at radius 2 is 1.35 bits per heavy atom. The van der Waals surface area contributed by atoms with E-state index in [-0.39, 0.29) is 35.5 Å². The zero-order valence-electron chi connectivity index (χ0n) is 29.2. The number of nitrogens with one attached hydrogen (secondary N) is 1. The molecule has 0 aliphatic rings. The van der Waals surface area contributed by atoms with E-state index in [0.29, 0.717) is 33.5 Å². The van der Waals surface area contributed by atoms with E-state index in [0.717, 1.165) is 15.4 Å². The van der Waals surface area contributed by atoms with Gasteiger partial charge in [-0.3, -0.25) is 13.9 Å². The van der Waals surface area contributed by atoms with Crippen LogP contribution in [0.25, 0.3) is 0 Å². The number of carbonyl (C=O) groups is 2. The zero-order valence-corrected chi connectivity index (χ0v) is 31.5.